The number of phosphoric acid groups is 3. The molecule has 0 amide bonds. The van der Waals surface area contributed by atoms with Crippen LogP contribution >= 0.6 is 23.5 Å². The molecule has 18 nitrogen and oxygen atoms in total. The first-order valence-electron chi connectivity index (χ1n) is 7.98. The van der Waals surface area contributed by atoms with Gasteiger partial charge < -0.3 is 24.3 Å². The number of hydrogen-bond donors (Lipinski definition) is 4. The number of azide groups is 1. The summed E-state index contributed by atoms with van der Waals surface area (Å²) >= 11 is 0. The fraction of sp³-hybridized carbons (Fsp3) is 0.600. The highest BCUT2D eigenvalue weighted by atomic mass is 31.3. The third-order valence-electron chi connectivity index (χ3n) is 3.63. The van der Waals surface area contributed by atoms with Gasteiger partial charge in [0.1, 0.15) is 6.23 Å². The minimum atomic E-state index is -5.65. The van der Waals surface area contributed by atoms with Gasteiger partial charge in [0.05, 0.1) is 18.3 Å². The maximum absolute atomic E-state index is 12.3. The molecule has 21 heteroatoms. The van der Waals surface area contributed by atoms with Gasteiger partial charge in [-0.3, -0.25) is 9.09 Å². The molecule has 0 radical (unpaired) electrons. The molecule has 2 unspecified atom stereocenters. The van der Waals surface area contributed by atoms with E-state index in [9.17, 15) is 28.2 Å². The minimum absolute atomic E-state index is 0.0623. The lowest BCUT2D eigenvalue weighted by Gasteiger charge is -2.18. The summed E-state index contributed by atoms with van der Waals surface area (Å²) in [4.78, 5) is 62.1. The molecule has 4 atom stereocenters. The standard InChI is InChI=1S/C10H16N5O13P3/c1-6-4-14(10(17)15(9(6)16)13-12-11)8-3-2-7(26-8)5-25-30(21,22)28-31(23,24)27-29(18,19)20/h4,7-8H,2-3,5H2,1H3,(H,21,22)(H,23,24)(H2,18,19,20)/t7-,8+/m0/s1. The number of phosphoric ester groups is 1. The van der Waals surface area contributed by atoms with Crippen LogP contribution in [0.15, 0.2) is 21.0 Å². The molecule has 0 spiro atoms. The number of rotatable bonds is 9. The van der Waals surface area contributed by atoms with Crippen LogP contribution in [0.25, 0.3) is 10.4 Å². The van der Waals surface area contributed by atoms with Gasteiger partial charge in [-0.25, -0.2) is 23.3 Å². The maximum Gasteiger partial charge on any atom is 0.490 e. The highest BCUT2D eigenvalue weighted by Crippen LogP contribution is 2.66. The molecular formula is C10H16N5O13P3. The lowest BCUT2D eigenvalue weighted by atomic mass is 10.2. The van der Waals surface area contributed by atoms with Crippen LogP contribution < -0.4 is 11.2 Å². The van der Waals surface area contributed by atoms with Gasteiger partial charge in [0.25, 0.3) is 0 Å². The smallest absolute Gasteiger partial charge is 0.352 e. The molecule has 31 heavy (non-hydrogen) atoms. The summed E-state index contributed by atoms with van der Waals surface area (Å²) in [6.07, 6.45) is -0.405. The van der Waals surface area contributed by atoms with Gasteiger partial charge in [0.15, 0.2) is 0 Å². The predicted octanol–water partition coefficient (Wildman–Crippen LogP) is 0.413. The summed E-state index contributed by atoms with van der Waals surface area (Å²) in [7, 11) is -16.5. The van der Waals surface area contributed by atoms with Crippen LogP contribution in [0.5, 0.6) is 0 Å². The Kier molecular flexibility index (Phi) is 7.82. The zero-order chi connectivity index (χ0) is 23.6. The SMILES string of the molecule is Cc1cn([C@H]2CC[C@@H](COP(=O)(O)OP(=O)(O)OP(=O)(O)O)O2)c(=O)n(N=[N+]=[N-])c1=O. The summed E-state index contributed by atoms with van der Waals surface area (Å²) in [5.74, 6) is 0. The topological polar surface area (TPSA) is 262 Å². The van der Waals surface area contributed by atoms with Crippen molar-refractivity contribution in [3.63, 3.8) is 0 Å². The van der Waals surface area contributed by atoms with E-state index < -0.39 is 53.7 Å². The first-order chi connectivity index (χ1) is 14.1. The maximum atomic E-state index is 12.3. The molecular weight excluding hydrogens is 491 g/mol. The lowest BCUT2D eigenvalue weighted by Crippen LogP contribution is -2.40. The van der Waals surface area contributed by atoms with Crippen molar-refractivity contribution in [2.24, 2.45) is 5.22 Å². The van der Waals surface area contributed by atoms with E-state index in [1.165, 1.54) is 13.1 Å². The molecule has 1 aromatic heterocycles. The first kappa shape index (κ1) is 25.6. The van der Waals surface area contributed by atoms with Crippen LogP contribution in [-0.4, -0.2) is 41.5 Å². The average molecular weight is 507 g/mol. The molecule has 2 rings (SSSR count). The van der Waals surface area contributed by atoms with Gasteiger partial charge in [-0.1, -0.05) is 4.68 Å². The summed E-state index contributed by atoms with van der Waals surface area (Å²) in [6, 6.07) is 0. The number of ether oxygens (including phenoxy) is 1. The second-order valence-corrected chi connectivity index (χ2v) is 10.4. The molecule has 174 valence electrons. The second kappa shape index (κ2) is 9.46. The molecule has 4 N–H and O–H groups in total. The van der Waals surface area contributed by atoms with Crippen LogP contribution in [0, 0.1) is 6.92 Å². The van der Waals surface area contributed by atoms with Crippen LogP contribution in [0.2, 0.25) is 0 Å². The quantitative estimate of drug-likeness (QED) is 0.153. The summed E-state index contributed by atoms with van der Waals surface area (Å²) in [5, 5.41) is 3.01. The molecule has 0 bridgehead atoms. The second-order valence-electron chi connectivity index (χ2n) is 5.97. The molecule has 0 aromatic carbocycles. The Balaban J connectivity index is 2.06. The van der Waals surface area contributed by atoms with Crippen molar-refractivity contribution >= 4 is 23.5 Å². The minimum Gasteiger partial charge on any atom is -0.352 e. The lowest BCUT2D eigenvalue weighted by molar-refractivity contribution is -0.0249. The van der Waals surface area contributed by atoms with E-state index in [-0.39, 0.29) is 23.1 Å². The number of aryl methyl sites for hydroxylation is 1. The third-order valence-corrected chi connectivity index (χ3v) is 7.43. The van der Waals surface area contributed by atoms with Gasteiger partial charge in [-0.05, 0) is 25.0 Å². The van der Waals surface area contributed by atoms with Crippen LogP contribution in [0.4, 0.5) is 0 Å². The van der Waals surface area contributed by atoms with Crippen molar-refractivity contribution in [3.05, 3.63) is 43.0 Å². The molecule has 0 aliphatic carbocycles. The van der Waals surface area contributed by atoms with Gasteiger partial charge >= 0.3 is 34.7 Å². The van der Waals surface area contributed by atoms with Crippen molar-refractivity contribution in [2.75, 3.05) is 6.61 Å². The Morgan fingerprint density at radius 1 is 1.19 bits per heavy atom. The van der Waals surface area contributed by atoms with Gasteiger partial charge in [-0.15, -0.1) is 5.53 Å². The number of aromatic nitrogens is 2. The Hall–Kier alpha value is -1.64. The normalized spacial score (nSPS) is 23.0. The summed E-state index contributed by atoms with van der Waals surface area (Å²) in [6.45, 7) is 0.674. The van der Waals surface area contributed by atoms with Crippen LogP contribution in [0.3, 0.4) is 0 Å². The van der Waals surface area contributed by atoms with Crippen molar-refractivity contribution < 1.29 is 51.2 Å². The average Bonchev–Trinajstić information content (AvgIpc) is 3.06. The highest BCUT2D eigenvalue weighted by Gasteiger charge is 2.41. The van der Waals surface area contributed by atoms with Crippen molar-refractivity contribution in [1.29, 1.82) is 0 Å². The Bertz CT molecular complexity index is 1150. The van der Waals surface area contributed by atoms with Crippen molar-refractivity contribution in [2.45, 2.75) is 32.1 Å². The van der Waals surface area contributed by atoms with Gasteiger partial charge in [-0.2, -0.15) is 13.5 Å². The fourth-order valence-corrected chi connectivity index (χ4v) is 5.55. The Morgan fingerprint density at radius 2 is 1.84 bits per heavy atom. The first-order valence-corrected chi connectivity index (χ1v) is 12.5. The highest BCUT2D eigenvalue weighted by molar-refractivity contribution is 7.66. The van der Waals surface area contributed by atoms with Crippen LogP contribution in [-0.2, 0) is 31.6 Å². The predicted molar refractivity (Wildman–Crippen MR) is 97.2 cm³/mol. The molecule has 1 aliphatic heterocycles. The van der Waals surface area contributed by atoms with Crippen molar-refractivity contribution in [3.8, 4) is 0 Å². The van der Waals surface area contributed by atoms with Gasteiger partial charge in [0.2, 0.25) is 0 Å². The zero-order valence-corrected chi connectivity index (χ0v) is 18.1. The van der Waals surface area contributed by atoms with E-state index in [2.05, 4.69) is 23.3 Å². The van der Waals surface area contributed by atoms with E-state index >= 15 is 0 Å². The molecule has 1 fully saturated rings. The largest absolute Gasteiger partial charge is 0.490 e. The van der Waals surface area contributed by atoms with E-state index in [4.69, 9.17) is 24.9 Å². The number of hydrogen-bond acceptors (Lipinski definition) is 10. The molecule has 2 heterocycles. The fourth-order valence-electron chi connectivity index (χ4n) is 2.50. The molecule has 1 saturated heterocycles. The van der Waals surface area contributed by atoms with Crippen LogP contribution in [0.1, 0.15) is 24.6 Å². The molecule has 1 aromatic rings. The van der Waals surface area contributed by atoms with E-state index in [0.717, 1.165) is 4.57 Å². The number of nitrogens with zero attached hydrogens (tertiary/aromatic N) is 5. The molecule has 1 aliphatic rings. The van der Waals surface area contributed by atoms with Crippen molar-refractivity contribution in [1.82, 2.24) is 9.24 Å². The Labute approximate surface area is 171 Å². The van der Waals surface area contributed by atoms with E-state index in [1.54, 1.807) is 0 Å². The third kappa shape index (κ3) is 7.19. The monoisotopic (exact) mass is 507 g/mol. The zero-order valence-electron chi connectivity index (χ0n) is 15.4. The van der Waals surface area contributed by atoms with Gasteiger partial charge in [0, 0.05) is 6.20 Å². The summed E-state index contributed by atoms with van der Waals surface area (Å²) < 4.78 is 52.0. The van der Waals surface area contributed by atoms with E-state index in [0.29, 0.717) is 0 Å². The van der Waals surface area contributed by atoms with E-state index in [1.807, 2.05) is 0 Å². The summed E-state index contributed by atoms with van der Waals surface area (Å²) in [5.41, 5.74) is 6.73. The Morgan fingerprint density at radius 3 is 2.42 bits per heavy atom. The molecule has 0 saturated carbocycles.